The maximum absolute atomic E-state index is 12.8. The molecule has 2 aliphatic rings. The second kappa shape index (κ2) is 7.16. The van der Waals surface area contributed by atoms with Crippen LogP contribution in [0.25, 0.3) is 6.08 Å². The molecule has 1 aromatic carbocycles. The topological polar surface area (TPSA) is 62.7 Å². The molecule has 1 aromatic heterocycles. The summed E-state index contributed by atoms with van der Waals surface area (Å²) in [6.07, 6.45) is 6.29. The number of hydrogen-bond donors (Lipinski definition) is 1. The molecule has 2 aromatic rings. The van der Waals surface area contributed by atoms with E-state index in [-0.39, 0.29) is 17.3 Å². The molecular weight excluding hydrogens is 340 g/mol. The summed E-state index contributed by atoms with van der Waals surface area (Å²) in [5, 5.41) is 10.5. The number of aromatic hydroxyl groups is 1. The number of ether oxygens (including phenoxy) is 1. The van der Waals surface area contributed by atoms with Crippen molar-refractivity contribution < 1.29 is 14.6 Å². The SMILES string of the molecule is C[C@@H]1C[C@H](C)CN(Cc2c(O)ccc3c2OC(=Cc2cccnc2)C3=O)C1. The Bertz CT molecular complexity index is 882. The molecule has 2 atom stereocenters. The summed E-state index contributed by atoms with van der Waals surface area (Å²) in [5.74, 6) is 2.02. The van der Waals surface area contributed by atoms with E-state index < -0.39 is 0 Å². The Morgan fingerprint density at radius 3 is 2.74 bits per heavy atom. The van der Waals surface area contributed by atoms with Gasteiger partial charge in [0.25, 0.3) is 0 Å². The Kier molecular flexibility index (Phi) is 4.70. The molecule has 3 heterocycles. The lowest BCUT2D eigenvalue weighted by Gasteiger charge is -2.35. The van der Waals surface area contributed by atoms with E-state index in [9.17, 15) is 9.90 Å². The van der Waals surface area contributed by atoms with Crippen LogP contribution in [0.1, 0.15) is 41.8 Å². The number of carbonyl (C=O) groups excluding carboxylic acids is 1. The smallest absolute Gasteiger partial charge is 0.231 e. The number of allylic oxidation sites excluding steroid dienone is 1. The fourth-order valence-corrected chi connectivity index (χ4v) is 4.21. The second-order valence-corrected chi connectivity index (χ2v) is 7.81. The first-order valence-electron chi connectivity index (χ1n) is 9.42. The van der Waals surface area contributed by atoms with E-state index in [1.54, 1.807) is 30.6 Å². The number of fused-ring (bicyclic) bond motifs is 1. The van der Waals surface area contributed by atoms with Crippen LogP contribution in [0.2, 0.25) is 0 Å². The normalized spacial score (nSPS) is 24.1. The number of Topliss-reactive ketones (excluding diaryl/α,β-unsaturated/α-hetero) is 1. The third kappa shape index (κ3) is 3.60. The number of benzene rings is 1. The zero-order valence-corrected chi connectivity index (χ0v) is 15.7. The number of carbonyl (C=O) groups is 1. The van der Waals surface area contributed by atoms with Gasteiger partial charge in [0.05, 0.1) is 11.1 Å². The van der Waals surface area contributed by atoms with E-state index in [1.807, 2.05) is 12.1 Å². The molecule has 1 fully saturated rings. The van der Waals surface area contributed by atoms with Gasteiger partial charge in [0.15, 0.2) is 5.76 Å². The molecule has 0 saturated carbocycles. The fraction of sp³-hybridized carbons (Fsp3) is 0.364. The van der Waals surface area contributed by atoms with Crippen molar-refractivity contribution in [1.82, 2.24) is 9.88 Å². The van der Waals surface area contributed by atoms with Gasteiger partial charge in [-0.05, 0) is 48.1 Å². The van der Waals surface area contributed by atoms with Crippen molar-refractivity contribution in [2.75, 3.05) is 13.1 Å². The van der Waals surface area contributed by atoms with Gasteiger partial charge in [-0.3, -0.25) is 14.7 Å². The van der Waals surface area contributed by atoms with Crippen LogP contribution in [0, 0.1) is 11.8 Å². The van der Waals surface area contributed by atoms with E-state index in [0.29, 0.717) is 35.3 Å². The van der Waals surface area contributed by atoms with Gasteiger partial charge in [0.2, 0.25) is 5.78 Å². The molecule has 5 heteroatoms. The lowest BCUT2D eigenvalue weighted by atomic mass is 9.91. The van der Waals surface area contributed by atoms with Crippen LogP contribution < -0.4 is 4.74 Å². The summed E-state index contributed by atoms with van der Waals surface area (Å²) in [4.78, 5) is 19.2. The predicted molar refractivity (Wildman–Crippen MR) is 104 cm³/mol. The Hall–Kier alpha value is -2.66. The number of hydrogen-bond acceptors (Lipinski definition) is 5. The molecule has 0 spiro atoms. The van der Waals surface area contributed by atoms with Gasteiger partial charge in [-0.1, -0.05) is 19.9 Å². The third-order valence-corrected chi connectivity index (χ3v) is 5.22. The molecule has 27 heavy (non-hydrogen) atoms. The summed E-state index contributed by atoms with van der Waals surface area (Å²) in [5.41, 5.74) is 2.01. The van der Waals surface area contributed by atoms with Crippen molar-refractivity contribution in [2.24, 2.45) is 11.8 Å². The zero-order valence-electron chi connectivity index (χ0n) is 15.7. The van der Waals surface area contributed by atoms with E-state index >= 15 is 0 Å². The lowest BCUT2D eigenvalue weighted by molar-refractivity contribution is 0.101. The number of aromatic nitrogens is 1. The predicted octanol–water partition coefficient (Wildman–Crippen LogP) is 3.88. The van der Waals surface area contributed by atoms with Crippen molar-refractivity contribution >= 4 is 11.9 Å². The highest BCUT2D eigenvalue weighted by Crippen LogP contribution is 2.40. The first kappa shape index (κ1) is 17.7. The van der Waals surface area contributed by atoms with Crippen molar-refractivity contribution in [1.29, 1.82) is 0 Å². The first-order chi connectivity index (χ1) is 13.0. The number of ketones is 1. The minimum atomic E-state index is -0.157. The molecule has 0 amide bonds. The molecule has 0 unspecified atom stereocenters. The standard InChI is InChI=1S/C22H24N2O3/c1-14-8-15(2)12-24(11-14)13-18-19(25)6-5-17-21(26)20(27-22(17)18)9-16-4-3-7-23-10-16/h3-7,9-10,14-15,25H,8,11-13H2,1-2H3/t14-,15+. The minimum absolute atomic E-state index is 0.157. The first-order valence-corrected chi connectivity index (χ1v) is 9.42. The average Bonchev–Trinajstić information content (AvgIpc) is 2.94. The Morgan fingerprint density at radius 1 is 1.26 bits per heavy atom. The average molecular weight is 364 g/mol. The van der Waals surface area contributed by atoms with Gasteiger partial charge in [0.1, 0.15) is 11.5 Å². The van der Waals surface area contributed by atoms with E-state index in [0.717, 1.165) is 18.7 Å². The largest absolute Gasteiger partial charge is 0.507 e. The fourth-order valence-electron chi connectivity index (χ4n) is 4.21. The van der Waals surface area contributed by atoms with Crippen molar-refractivity contribution in [3.63, 3.8) is 0 Å². The summed E-state index contributed by atoms with van der Waals surface area (Å²) >= 11 is 0. The molecule has 0 aliphatic carbocycles. The Labute approximate surface area is 159 Å². The Balaban J connectivity index is 1.64. The highest BCUT2D eigenvalue weighted by Gasteiger charge is 2.32. The summed E-state index contributed by atoms with van der Waals surface area (Å²) < 4.78 is 5.93. The Morgan fingerprint density at radius 2 is 2.04 bits per heavy atom. The van der Waals surface area contributed by atoms with E-state index in [2.05, 4.69) is 23.7 Å². The van der Waals surface area contributed by atoms with Gasteiger partial charge >= 0.3 is 0 Å². The zero-order chi connectivity index (χ0) is 19.0. The number of piperidine rings is 1. The van der Waals surface area contributed by atoms with Crippen LogP contribution in [0.5, 0.6) is 11.5 Å². The van der Waals surface area contributed by atoms with Gasteiger partial charge < -0.3 is 9.84 Å². The molecule has 2 aliphatic heterocycles. The molecule has 0 bridgehead atoms. The summed E-state index contributed by atoms with van der Waals surface area (Å²) in [6, 6.07) is 6.92. The number of rotatable bonds is 3. The number of phenolic OH excluding ortho intramolecular Hbond substituents is 1. The van der Waals surface area contributed by atoms with Crippen LogP contribution >= 0.6 is 0 Å². The molecule has 1 N–H and O–H groups in total. The monoisotopic (exact) mass is 364 g/mol. The summed E-state index contributed by atoms with van der Waals surface area (Å²) in [7, 11) is 0. The minimum Gasteiger partial charge on any atom is -0.507 e. The number of nitrogens with zero attached hydrogens (tertiary/aromatic N) is 2. The number of pyridine rings is 1. The highest BCUT2D eigenvalue weighted by molar-refractivity contribution is 6.14. The molecule has 5 nitrogen and oxygen atoms in total. The van der Waals surface area contributed by atoms with Crippen molar-refractivity contribution in [2.45, 2.75) is 26.8 Å². The second-order valence-electron chi connectivity index (χ2n) is 7.81. The van der Waals surface area contributed by atoms with Crippen LogP contribution in [0.3, 0.4) is 0 Å². The van der Waals surface area contributed by atoms with E-state index in [4.69, 9.17) is 4.74 Å². The van der Waals surface area contributed by atoms with Crippen molar-refractivity contribution in [3.05, 3.63) is 59.1 Å². The van der Waals surface area contributed by atoms with Gasteiger partial charge in [-0.15, -0.1) is 0 Å². The summed E-state index contributed by atoms with van der Waals surface area (Å²) in [6.45, 7) is 7.07. The van der Waals surface area contributed by atoms with Crippen LogP contribution in [-0.2, 0) is 6.54 Å². The van der Waals surface area contributed by atoms with E-state index in [1.165, 1.54) is 6.42 Å². The van der Waals surface area contributed by atoms with Crippen LogP contribution in [-0.4, -0.2) is 33.9 Å². The number of phenols is 1. The van der Waals surface area contributed by atoms with Gasteiger partial charge in [0, 0.05) is 32.0 Å². The molecule has 140 valence electrons. The van der Waals surface area contributed by atoms with Gasteiger partial charge in [-0.25, -0.2) is 0 Å². The van der Waals surface area contributed by atoms with Crippen LogP contribution in [0.15, 0.2) is 42.4 Å². The van der Waals surface area contributed by atoms with Crippen LogP contribution in [0.4, 0.5) is 0 Å². The highest BCUT2D eigenvalue weighted by atomic mass is 16.5. The quantitative estimate of drug-likeness (QED) is 0.838. The molecule has 1 saturated heterocycles. The van der Waals surface area contributed by atoms with Gasteiger partial charge in [-0.2, -0.15) is 0 Å². The molecule has 0 radical (unpaired) electrons. The lowest BCUT2D eigenvalue weighted by Crippen LogP contribution is -2.38. The van der Waals surface area contributed by atoms with Crippen molar-refractivity contribution in [3.8, 4) is 11.5 Å². The maximum atomic E-state index is 12.8. The third-order valence-electron chi connectivity index (χ3n) is 5.22. The number of likely N-dealkylation sites (tertiary alicyclic amines) is 1. The molecule has 4 rings (SSSR count). The molecular formula is C22H24N2O3. The maximum Gasteiger partial charge on any atom is 0.231 e.